The Morgan fingerprint density at radius 1 is 1.04 bits per heavy atom. The third-order valence-electron chi connectivity index (χ3n) is 3.52. The summed E-state index contributed by atoms with van der Waals surface area (Å²) >= 11 is 0. The van der Waals surface area contributed by atoms with Gasteiger partial charge in [0.25, 0.3) is 5.91 Å². The van der Waals surface area contributed by atoms with Crippen LogP contribution in [0.15, 0.2) is 42.5 Å². The number of carbonyl (C=O) groups is 2. The molecule has 0 saturated carbocycles. The zero-order valence-corrected chi connectivity index (χ0v) is 14.2. The second-order valence-electron chi connectivity index (χ2n) is 5.31. The number of ether oxygens (including phenoxy) is 1. The first-order chi connectivity index (χ1) is 11.5. The molecule has 0 bridgehead atoms. The summed E-state index contributed by atoms with van der Waals surface area (Å²) in [6.07, 6.45) is 0.401. The predicted molar refractivity (Wildman–Crippen MR) is 95.7 cm³/mol. The molecule has 0 aliphatic heterocycles. The smallest absolute Gasteiger partial charge is 0.259 e. The summed E-state index contributed by atoms with van der Waals surface area (Å²) in [6, 6.07) is 12.5. The highest BCUT2D eigenvalue weighted by Crippen LogP contribution is 2.23. The van der Waals surface area contributed by atoms with E-state index in [9.17, 15) is 9.59 Å². The number of nitrogens with one attached hydrogen (secondary N) is 2. The summed E-state index contributed by atoms with van der Waals surface area (Å²) in [5.74, 6) is 0.225. The van der Waals surface area contributed by atoms with Crippen LogP contribution in [-0.2, 0) is 4.79 Å². The fourth-order valence-corrected chi connectivity index (χ4v) is 2.21. The quantitative estimate of drug-likeness (QED) is 0.843. The summed E-state index contributed by atoms with van der Waals surface area (Å²) in [4.78, 5) is 24.1. The Labute approximate surface area is 142 Å². The molecule has 5 heteroatoms. The van der Waals surface area contributed by atoms with E-state index in [0.717, 1.165) is 5.56 Å². The lowest BCUT2D eigenvalue weighted by Gasteiger charge is -2.13. The standard InChI is InChI=1S/C19H22N2O3/c1-4-18(22)21-16-12-14(11-10-13(16)3)20-19(23)15-8-6-7-9-17(15)24-5-2/h6-12H,4-5H2,1-3H3,(H,20,23)(H,21,22). The fraction of sp³-hybridized carbons (Fsp3) is 0.263. The van der Waals surface area contributed by atoms with E-state index >= 15 is 0 Å². The van der Waals surface area contributed by atoms with E-state index < -0.39 is 0 Å². The maximum Gasteiger partial charge on any atom is 0.259 e. The summed E-state index contributed by atoms with van der Waals surface area (Å²) < 4.78 is 5.49. The number of anilines is 2. The Kier molecular flexibility index (Phi) is 5.95. The van der Waals surface area contributed by atoms with Gasteiger partial charge in [0.05, 0.1) is 12.2 Å². The van der Waals surface area contributed by atoms with Gasteiger partial charge in [-0.05, 0) is 43.7 Å². The van der Waals surface area contributed by atoms with Gasteiger partial charge in [0.15, 0.2) is 0 Å². The summed E-state index contributed by atoms with van der Waals surface area (Å²) in [7, 11) is 0. The highest BCUT2D eigenvalue weighted by Gasteiger charge is 2.13. The molecule has 0 heterocycles. The van der Waals surface area contributed by atoms with Crippen LogP contribution in [0, 0.1) is 6.92 Å². The Balaban J connectivity index is 2.20. The van der Waals surface area contributed by atoms with E-state index in [1.54, 1.807) is 37.3 Å². The first kappa shape index (κ1) is 17.5. The molecule has 0 spiro atoms. The molecule has 0 aromatic heterocycles. The number of aryl methyl sites for hydroxylation is 1. The van der Waals surface area contributed by atoms with Crippen molar-refractivity contribution < 1.29 is 14.3 Å². The van der Waals surface area contributed by atoms with E-state index in [1.807, 2.05) is 26.0 Å². The first-order valence-corrected chi connectivity index (χ1v) is 7.98. The zero-order chi connectivity index (χ0) is 17.5. The lowest BCUT2D eigenvalue weighted by atomic mass is 10.1. The third-order valence-corrected chi connectivity index (χ3v) is 3.52. The van der Waals surface area contributed by atoms with E-state index in [1.165, 1.54) is 0 Å². The van der Waals surface area contributed by atoms with Crippen LogP contribution in [0.25, 0.3) is 0 Å². The molecule has 2 amide bonds. The van der Waals surface area contributed by atoms with Gasteiger partial charge in [-0.2, -0.15) is 0 Å². The van der Waals surface area contributed by atoms with Crippen molar-refractivity contribution in [2.24, 2.45) is 0 Å². The highest BCUT2D eigenvalue weighted by atomic mass is 16.5. The van der Waals surface area contributed by atoms with Crippen molar-refractivity contribution in [3.63, 3.8) is 0 Å². The molecule has 24 heavy (non-hydrogen) atoms. The molecule has 0 saturated heterocycles. The minimum atomic E-state index is -0.254. The van der Waals surface area contributed by atoms with Crippen molar-refractivity contribution >= 4 is 23.2 Å². The average Bonchev–Trinajstić information content (AvgIpc) is 2.58. The third kappa shape index (κ3) is 4.35. The van der Waals surface area contributed by atoms with Crippen LogP contribution in [0.4, 0.5) is 11.4 Å². The second kappa shape index (κ2) is 8.15. The Morgan fingerprint density at radius 2 is 1.79 bits per heavy atom. The number of amides is 2. The van der Waals surface area contributed by atoms with E-state index in [4.69, 9.17) is 4.74 Å². The molecular formula is C19H22N2O3. The largest absolute Gasteiger partial charge is 0.493 e. The van der Waals surface area contributed by atoms with Crippen LogP contribution in [0.3, 0.4) is 0 Å². The first-order valence-electron chi connectivity index (χ1n) is 7.98. The number of hydrogen-bond donors (Lipinski definition) is 2. The molecule has 2 rings (SSSR count). The van der Waals surface area contributed by atoms with E-state index in [2.05, 4.69) is 10.6 Å². The molecule has 126 valence electrons. The second-order valence-corrected chi connectivity index (χ2v) is 5.31. The molecule has 0 fully saturated rings. The molecule has 0 radical (unpaired) electrons. The van der Waals surface area contributed by atoms with Crippen molar-refractivity contribution in [2.45, 2.75) is 27.2 Å². The monoisotopic (exact) mass is 326 g/mol. The highest BCUT2D eigenvalue weighted by molar-refractivity contribution is 6.06. The maximum atomic E-state index is 12.5. The van der Waals surface area contributed by atoms with Gasteiger partial charge in [0.2, 0.25) is 5.91 Å². The van der Waals surface area contributed by atoms with E-state index in [0.29, 0.717) is 35.7 Å². The van der Waals surface area contributed by atoms with Crippen LogP contribution in [0.1, 0.15) is 36.2 Å². The number of carbonyl (C=O) groups excluding carboxylic acids is 2. The topological polar surface area (TPSA) is 67.4 Å². The van der Waals surface area contributed by atoms with Crippen LogP contribution < -0.4 is 15.4 Å². The Morgan fingerprint density at radius 3 is 2.50 bits per heavy atom. The molecular weight excluding hydrogens is 304 g/mol. The molecule has 0 unspecified atom stereocenters. The lowest BCUT2D eigenvalue weighted by Crippen LogP contribution is -2.15. The van der Waals surface area contributed by atoms with Crippen molar-refractivity contribution in [2.75, 3.05) is 17.2 Å². The van der Waals surface area contributed by atoms with Gasteiger partial charge in [0, 0.05) is 17.8 Å². The lowest BCUT2D eigenvalue weighted by molar-refractivity contribution is -0.115. The summed E-state index contributed by atoms with van der Waals surface area (Å²) in [6.45, 7) is 6.06. The molecule has 0 aliphatic carbocycles. The van der Waals surface area contributed by atoms with Crippen LogP contribution in [-0.4, -0.2) is 18.4 Å². The molecule has 2 aromatic rings. The summed E-state index contributed by atoms with van der Waals surface area (Å²) in [5, 5.41) is 5.68. The molecule has 5 nitrogen and oxygen atoms in total. The van der Waals surface area contributed by atoms with Crippen molar-refractivity contribution in [1.29, 1.82) is 0 Å². The van der Waals surface area contributed by atoms with Gasteiger partial charge >= 0.3 is 0 Å². The van der Waals surface area contributed by atoms with Crippen LogP contribution >= 0.6 is 0 Å². The predicted octanol–water partition coefficient (Wildman–Crippen LogP) is 3.99. The van der Waals surface area contributed by atoms with Gasteiger partial charge in [-0.1, -0.05) is 25.1 Å². The number of rotatable bonds is 6. The summed E-state index contributed by atoms with van der Waals surface area (Å²) in [5.41, 5.74) is 2.71. The number of para-hydroxylation sites is 1. The minimum Gasteiger partial charge on any atom is -0.493 e. The van der Waals surface area contributed by atoms with Crippen molar-refractivity contribution in [3.8, 4) is 5.75 Å². The molecule has 2 N–H and O–H groups in total. The number of benzene rings is 2. The van der Waals surface area contributed by atoms with Crippen molar-refractivity contribution in [3.05, 3.63) is 53.6 Å². The average molecular weight is 326 g/mol. The SMILES string of the molecule is CCOc1ccccc1C(=O)Nc1ccc(C)c(NC(=O)CC)c1. The molecule has 0 aliphatic rings. The van der Waals surface area contributed by atoms with Gasteiger partial charge < -0.3 is 15.4 Å². The number of hydrogen-bond acceptors (Lipinski definition) is 3. The molecule has 0 atom stereocenters. The van der Waals surface area contributed by atoms with Crippen LogP contribution in [0.5, 0.6) is 5.75 Å². The fourth-order valence-electron chi connectivity index (χ4n) is 2.21. The Bertz CT molecular complexity index is 741. The normalized spacial score (nSPS) is 10.1. The zero-order valence-electron chi connectivity index (χ0n) is 14.2. The van der Waals surface area contributed by atoms with Gasteiger partial charge in [-0.3, -0.25) is 9.59 Å². The van der Waals surface area contributed by atoms with Gasteiger partial charge in [0.1, 0.15) is 5.75 Å². The minimum absolute atomic E-state index is 0.0664. The van der Waals surface area contributed by atoms with Crippen molar-refractivity contribution in [1.82, 2.24) is 0 Å². The van der Waals surface area contributed by atoms with Crippen LogP contribution in [0.2, 0.25) is 0 Å². The van der Waals surface area contributed by atoms with Gasteiger partial charge in [-0.25, -0.2) is 0 Å². The van der Waals surface area contributed by atoms with Gasteiger partial charge in [-0.15, -0.1) is 0 Å². The Hall–Kier alpha value is -2.82. The van der Waals surface area contributed by atoms with E-state index in [-0.39, 0.29) is 11.8 Å². The molecule has 2 aromatic carbocycles. The maximum absolute atomic E-state index is 12.5.